The minimum Gasteiger partial charge on any atom is -0.313 e. The number of hydrogen-bond acceptors (Lipinski definition) is 3. The summed E-state index contributed by atoms with van der Waals surface area (Å²) in [7, 11) is 0. The predicted molar refractivity (Wildman–Crippen MR) is 51.9 cm³/mol. The molecule has 0 aliphatic carbocycles. The number of aliphatic imine (C=N–C) groups is 1. The summed E-state index contributed by atoms with van der Waals surface area (Å²) in [5.41, 5.74) is 0. The van der Waals surface area contributed by atoms with E-state index in [-0.39, 0.29) is 11.9 Å². The summed E-state index contributed by atoms with van der Waals surface area (Å²) in [4.78, 5) is 15.3. The summed E-state index contributed by atoms with van der Waals surface area (Å²) >= 11 is 0. The molecule has 2 heterocycles. The van der Waals surface area contributed by atoms with Gasteiger partial charge in [-0.1, -0.05) is 0 Å². The zero-order valence-corrected chi connectivity index (χ0v) is 7.97. The molecule has 1 atom stereocenters. The van der Waals surface area contributed by atoms with Crippen molar-refractivity contribution in [1.82, 2.24) is 15.1 Å². The smallest absolute Gasteiger partial charge is 0.249 e. The van der Waals surface area contributed by atoms with Crippen LogP contribution in [-0.4, -0.2) is 27.6 Å². The molecule has 1 aliphatic rings. The molecule has 1 unspecified atom stereocenters. The van der Waals surface area contributed by atoms with Crippen molar-refractivity contribution in [2.75, 3.05) is 0 Å². The molecule has 74 valence electrons. The summed E-state index contributed by atoms with van der Waals surface area (Å²) in [5, 5.41) is 6.80. The Hall–Kier alpha value is -1.65. The highest BCUT2D eigenvalue weighted by Gasteiger charge is 2.20. The SMILES string of the molecule is CC1N=C(CCn2cccn2)NC1=O. The number of carbonyl (C=O) groups is 1. The molecule has 0 saturated carbocycles. The molecule has 1 aliphatic heterocycles. The van der Waals surface area contributed by atoms with Crippen LogP contribution in [0.3, 0.4) is 0 Å². The normalized spacial score (nSPS) is 20.8. The minimum absolute atomic E-state index is 0.0135. The molecule has 1 N–H and O–H groups in total. The van der Waals surface area contributed by atoms with Crippen LogP contribution in [0.5, 0.6) is 0 Å². The average molecular weight is 192 g/mol. The molecule has 2 rings (SSSR count). The van der Waals surface area contributed by atoms with E-state index in [9.17, 15) is 4.79 Å². The molecular formula is C9H12N4O. The van der Waals surface area contributed by atoms with Crippen molar-refractivity contribution in [3.63, 3.8) is 0 Å². The van der Waals surface area contributed by atoms with E-state index < -0.39 is 0 Å². The molecule has 0 bridgehead atoms. The van der Waals surface area contributed by atoms with Crippen LogP contribution in [0.2, 0.25) is 0 Å². The second kappa shape index (κ2) is 3.61. The minimum atomic E-state index is -0.234. The predicted octanol–water partition coefficient (Wildman–Crippen LogP) is 0.190. The first-order valence-corrected chi connectivity index (χ1v) is 4.60. The van der Waals surface area contributed by atoms with Gasteiger partial charge in [-0.15, -0.1) is 0 Å². The van der Waals surface area contributed by atoms with Gasteiger partial charge in [-0.05, 0) is 13.0 Å². The Morgan fingerprint density at radius 3 is 3.07 bits per heavy atom. The lowest BCUT2D eigenvalue weighted by Gasteiger charge is -2.00. The third-order valence-corrected chi connectivity index (χ3v) is 2.13. The summed E-state index contributed by atoms with van der Waals surface area (Å²) in [6, 6.07) is 1.64. The lowest BCUT2D eigenvalue weighted by Crippen LogP contribution is -2.28. The number of carbonyl (C=O) groups excluding carboxylic acids is 1. The van der Waals surface area contributed by atoms with Crippen LogP contribution in [0.1, 0.15) is 13.3 Å². The quantitative estimate of drug-likeness (QED) is 0.743. The van der Waals surface area contributed by atoms with Crippen LogP contribution >= 0.6 is 0 Å². The molecule has 0 fully saturated rings. The van der Waals surface area contributed by atoms with Crippen molar-refractivity contribution in [3.05, 3.63) is 18.5 Å². The topological polar surface area (TPSA) is 59.3 Å². The molecule has 1 aromatic rings. The molecular weight excluding hydrogens is 180 g/mol. The van der Waals surface area contributed by atoms with E-state index in [1.807, 2.05) is 16.9 Å². The van der Waals surface area contributed by atoms with Gasteiger partial charge in [-0.25, -0.2) is 0 Å². The Bertz CT molecular complexity index is 355. The van der Waals surface area contributed by atoms with Gasteiger partial charge in [0.2, 0.25) is 5.91 Å². The van der Waals surface area contributed by atoms with Crippen molar-refractivity contribution in [3.8, 4) is 0 Å². The van der Waals surface area contributed by atoms with Gasteiger partial charge in [-0.2, -0.15) is 5.10 Å². The largest absolute Gasteiger partial charge is 0.313 e. The molecule has 0 saturated heterocycles. The molecule has 14 heavy (non-hydrogen) atoms. The third kappa shape index (κ3) is 1.81. The Kier molecular flexibility index (Phi) is 2.30. The van der Waals surface area contributed by atoms with Crippen molar-refractivity contribution in [2.45, 2.75) is 25.9 Å². The van der Waals surface area contributed by atoms with E-state index in [1.165, 1.54) is 0 Å². The van der Waals surface area contributed by atoms with Crippen LogP contribution < -0.4 is 5.32 Å². The van der Waals surface area contributed by atoms with Crippen molar-refractivity contribution < 1.29 is 4.79 Å². The maximum absolute atomic E-state index is 11.1. The lowest BCUT2D eigenvalue weighted by atomic mass is 10.4. The summed E-state index contributed by atoms with van der Waals surface area (Å²) in [6.45, 7) is 2.54. The maximum atomic E-state index is 11.1. The van der Waals surface area contributed by atoms with Gasteiger partial charge in [0.15, 0.2) is 0 Å². The fourth-order valence-corrected chi connectivity index (χ4v) is 1.35. The van der Waals surface area contributed by atoms with Crippen LogP contribution in [0, 0.1) is 0 Å². The van der Waals surface area contributed by atoms with Gasteiger partial charge < -0.3 is 5.32 Å². The van der Waals surface area contributed by atoms with Gasteiger partial charge >= 0.3 is 0 Å². The second-order valence-corrected chi connectivity index (χ2v) is 3.26. The van der Waals surface area contributed by atoms with E-state index in [4.69, 9.17) is 0 Å². The maximum Gasteiger partial charge on any atom is 0.249 e. The fraction of sp³-hybridized carbons (Fsp3) is 0.444. The van der Waals surface area contributed by atoms with E-state index in [0.717, 1.165) is 18.8 Å². The average Bonchev–Trinajstić information content (AvgIpc) is 2.74. The summed E-state index contributed by atoms with van der Waals surface area (Å²) in [6.07, 6.45) is 4.34. The molecule has 5 nitrogen and oxygen atoms in total. The van der Waals surface area contributed by atoms with Crippen molar-refractivity contribution >= 4 is 11.7 Å². The number of nitrogens with zero attached hydrogens (tertiary/aromatic N) is 3. The fourth-order valence-electron chi connectivity index (χ4n) is 1.35. The van der Waals surface area contributed by atoms with Crippen LogP contribution in [0.25, 0.3) is 0 Å². The highest BCUT2D eigenvalue weighted by atomic mass is 16.2. The standard InChI is InChI=1S/C9H12N4O/c1-7-9(14)12-8(11-7)3-6-13-5-2-4-10-13/h2,4-5,7H,3,6H2,1H3,(H,11,12,14). The van der Waals surface area contributed by atoms with Crippen molar-refractivity contribution in [2.24, 2.45) is 4.99 Å². The van der Waals surface area contributed by atoms with Gasteiger partial charge in [-0.3, -0.25) is 14.5 Å². The highest BCUT2D eigenvalue weighted by molar-refractivity contribution is 6.05. The van der Waals surface area contributed by atoms with Crippen molar-refractivity contribution in [1.29, 1.82) is 0 Å². The zero-order valence-electron chi connectivity index (χ0n) is 7.97. The second-order valence-electron chi connectivity index (χ2n) is 3.26. The van der Waals surface area contributed by atoms with E-state index >= 15 is 0 Å². The van der Waals surface area contributed by atoms with Gasteiger partial charge in [0.05, 0.1) is 0 Å². The molecule has 1 amide bonds. The number of amidine groups is 1. The van der Waals surface area contributed by atoms with E-state index in [0.29, 0.717) is 0 Å². The van der Waals surface area contributed by atoms with Gasteiger partial charge in [0.25, 0.3) is 0 Å². The molecule has 5 heteroatoms. The Morgan fingerprint density at radius 1 is 1.64 bits per heavy atom. The first-order chi connectivity index (χ1) is 6.75. The number of hydrogen-bond donors (Lipinski definition) is 1. The molecule has 0 radical (unpaired) electrons. The number of aromatic nitrogens is 2. The number of rotatable bonds is 3. The highest BCUT2D eigenvalue weighted by Crippen LogP contribution is 2.02. The molecule has 0 spiro atoms. The monoisotopic (exact) mass is 192 g/mol. The van der Waals surface area contributed by atoms with Crippen LogP contribution in [-0.2, 0) is 11.3 Å². The van der Waals surface area contributed by atoms with Gasteiger partial charge in [0, 0.05) is 25.4 Å². The number of nitrogens with one attached hydrogen (secondary N) is 1. The third-order valence-electron chi connectivity index (χ3n) is 2.13. The first-order valence-electron chi connectivity index (χ1n) is 4.60. The molecule has 0 aromatic carbocycles. The summed E-state index contributed by atoms with van der Waals surface area (Å²) in [5.74, 6) is 0.749. The van der Waals surface area contributed by atoms with E-state index in [2.05, 4.69) is 15.4 Å². The zero-order chi connectivity index (χ0) is 9.97. The Morgan fingerprint density at radius 2 is 2.50 bits per heavy atom. The lowest BCUT2D eigenvalue weighted by molar-refractivity contribution is -0.119. The van der Waals surface area contributed by atoms with Gasteiger partial charge in [0.1, 0.15) is 11.9 Å². The van der Waals surface area contributed by atoms with Crippen LogP contribution in [0.4, 0.5) is 0 Å². The summed E-state index contributed by atoms with van der Waals surface area (Å²) < 4.78 is 1.82. The number of amides is 1. The first kappa shape index (κ1) is 8.93. The van der Waals surface area contributed by atoms with Crippen LogP contribution in [0.15, 0.2) is 23.5 Å². The Balaban J connectivity index is 1.88. The number of aryl methyl sites for hydroxylation is 1. The Labute approximate surface area is 81.8 Å². The van der Waals surface area contributed by atoms with E-state index in [1.54, 1.807) is 13.1 Å². The molecule has 1 aromatic heterocycles.